The van der Waals surface area contributed by atoms with Gasteiger partial charge in [-0.3, -0.25) is 9.69 Å². The van der Waals surface area contributed by atoms with Crippen molar-refractivity contribution in [3.05, 3.63) is 12.0 Å². The SMILES string of the molecule is Nc1nc(C(=O)NCCN2CCOCC2)co1. The van der Waals surface area contributed by atoms with E-state index in [1.165, 1.54) is 6.26 Å². The van der Waals surface area contributed by atoms with Crippen LogP contribution in [0, 0.1) is 0 Å². The Morgan fingerprint density at radius 3 is 2.94 bits per heavy atom. The first-order chi connectivity index (χ1) is 8.25. The molecule has 7 heteroatoms. The van der Waals surface area contributed by atoms with E-state index in [2.05, 4.69) is 15.2 Å². The number of nitrogens with two attached hydrogens (primary N) is 1. The fourth-order valence-electron chi connectivity index (χ4n) is 1.63. The Kier molecular flexibility index (Phi) is 3.94. The number of hydrogen-bond donors (Lipinski definition) is 2. The number of morpholine rings is 1. The predicted molar refractivity (Wildman–Crippen MR) is 60.5 cm³/mol. The summed E-state index contributed by atoms with van der Waals surface area (Å²) in [5.74, 6) is -0.265. The quantitative estimate of drug-likeness (QED) is 0.724. The average Bonchev–Trinajstić information content (AvgIpc) is 2.77. The van der Waals surface area contributed by atoms with E-state index >= 15 is 0 Å². The Balaban J connectivity index is 1.69. The van der Waals surface area contributed by atoms with Crippen LogP contribution in [0.4, 0.5) is 6.01 Å². The minimum Gasteiger partial charge on any atom is -0.431 e. The fraction of sp³-hybridized carbons (Fsp3) is 0.600. The summed E-state index contributed by atoms with van der Waals surface area (Å²) in [4.78, 5) is 17.5. The second-order valence-electron chi connectivity index (χ2n) is 3.78. The molecule has 1 amide bonds. The summed E-state index contributed by atoms with van der Waals surface area (Å²) >= 11 is 0. The Labute approximate surface area is 98.9 Å². The molecule has 3 N–H and O–H groups in total. The number of rotatable bonds is 4. The number of carbonyl (C=O) groups is 1. The zero-order valence-corrected chi connectivity index (χ0v) is 9.52. The van der Waals surface area contributed by atoms with Crippen molar-refractivity contribution in [2.75, 3.05) is 45.1 Å². The van der Waals surface area contributed by atoms with Crippen molar-refractivity contribution in [2.24, 2.45) is 0 Å². The van der Waals surface area contributed by atoms with Crippen LogP contribution in [-0.4, -0.2) is 55.2 Å². The molecular weight excluding hydrogens is 224 g/mol. The molecule has 2 rings (SSSR count). The molecule has 0 spiro atoms. The molecule has 0 radical (unpaired) electrons. The number of carbonyl (C=O) groups excluding carboxylic acids is 1. The van der Waals surface area contributed by atoms with Gasteiger partial charge >= 0.3 is 0 Å². The zero-order chi connectivity index (χ0) is 12.1. The first-order valence-corrected chi connectivity index (χ1v) is 5.55. The summed E-state index contributed by atoms with van der Waals surface area (Å²) in [7, 11) is 0. The molecule has 0 aromatic carbocycles. The molecule has 1 aliphatic heterocycles. The van der Waals surface area contributed by atoms with Gasteiger partial charge in [-0.15, -0.1) is 0 Å². The molecule has 0 atom stereocenters. The Hall–Kier alpha value is -1.60. The third kappa shape index (κ3) is 3.43. The minimum absolute atomic E-state index is 0.00308. The highest BCUT2D eigenvalue weighted by Crippen LogP contribution is 2.02. The number of nitrogen functional groups attached to an aromatic ring is 1. The van der Waals surface area contributed by atoms with Crippen molar-refractivity contribution < 1.29 is 13.9 Å². The van der Waals surface area contributed by atoms with Gasteiger partial charge in [0.25, 0.3) is 11.9 Å². The van der Waals surface area contributed by atoms with Crippen molar-refractivity contribution in [3.8, 4) is 0 Å². The zero-order valence-electron chi connectivity index (χ0n) is 9.52. The maximum absolute atomic E-state index is 11.6. The van der Waals surface area contributed by atoms with E-state index in [-0.39, 0.29) is 17.6 Å². The monoisotopic (exact) mass is 240 g/mol. The third-order valence-corrected chi connectivity index (χ3v) is 2.57. The van der Waals surface area contributed by atoms with Gasteiger partial charge in [0.2, 0.25) is 0 Å². The van der Waals surface area contributed by atoms with E-state index in [9.17, 15) is 4.79 Å². The first-order valence-electron chi connectivity index (χ1n) is 5.55. The van der Waals surface area contributed by atoms with Crippen molar-refractivity contribution in [1.29, 1.82) is 0 Å². The number of ether oxygens (including phenoxy) is 1. The highest BCUT2D eigenvalue weighted by Gasteiger charge is 2.12. The molecule has 0 saturated carbocycles. The Bertz CT molecular complexity index is 373. The molecule has 0 aliphatic carbocycles. The van der Waals surface area contributed by atoms with Crippen molar-refractivity contribution in [2.45, 2.75) is 0 Å². The van der Waals surface area contributed by atoms with E-state index in [1.807, 2.05) is 0 Å². The molecular formula is C10H16N4O3. The number of anilines is 1. The lowest BCUT2D eigenvalue weighted by atomic mass is 10.4. The molecule has 2 heterocycles. The van der Waals surface area contributed by atoms with Crippen LogP contribution in [0.5, 0.6) is 0 Å². The smallest absolute Gasteiger partial charge is 0.292 e. The van der Waals surface area contributed by atoms with Crippen molar-refractivity contribution in [3.63, 3.8) is 0 Å². The van der Waals surface area contributed by atoms with Gasteiger partial charge in [0.1, 0.15) is 6.26 Å². The first kappa shape index (κ1) is 11.9. The summed E-state index contributed by atoms with van der Waals surface area (Å²) in [5.41, 5.74) is 5.49. The van der Waals surface area contributed by atoms with Gasteiger partial charge in [0, 0.05) is 26.2 Å². The van der Waals surface area contributed by atoms with Gasteiger partial charge in [-0.2, -0.15) is 4.98 Å². The molecule has 1 aromatic heterocycles. The molecule has 0 bridgehead atoms. The summed E-state index contributed by atoms with van der Waals surface area (Å²) in [6.07, 6.45) is 1.25. The Morgan fingerprint density at radius 2 is 2.29 bits per heavy atom. The summed E-state index contributed by atoms with van der Waals surface area (Å²) < 4.78 is 9.99. The highest BCUT2D eigenvalue weighted by molar-refractivity contribution is 5.92. The van der Waals surface area contributed by atoms with Gasteiger partial charge in [0.15, 0.2) is 5.69 Å². The van der Waals surface area contributed by atoms with Crippen LogP contribution < -0.4 is 11.1 Å². The lowest BCUT2D eigenvalue weighted by Crippen LogP contribution is -2.41. The second kappa shape index (κ2) is 5.65. The van der Waals surface area contributed by atoms with E-state index in [1.54, 1.807) is 0 Å². The highest BCUT2D eigenvalue weighted by atomic mass is 16.5. The topological polar surface area (TPSA) is 93.6 Å². The van der Waals surface area contributed by atoms with E-state index < -0.39 is 0 Å². The molecule has 1 fully saturated rings. The summed E-state index contributed by atoms with van der Waals surface area (Å²) in [6, 6.07) is 0.00308. The third-order valence-electron chi connectivity index (χ3n) is 2.57. The van der Waals surface area contributed by atoms with Crippen LogP contribution >= 0.6 is 0 Å². The van der Waals surface area contributed by atoms with Gasteiger partial charge in [-0.1, -0.05) is 0 Å². The number of hydrogen-bond acceptors (Lipinski definition) is 6. The van der Waals surface area contributed by atoms with Gasteiger partial charge in [0.05, 0.1) is 13.2 Å². The van der Waals surface area contributed by atoms with Crippen LogP contribution in [0.3, 0.4) is 0 Å². The van der Waals surface area contributed by atoms with Gasteiger partial charge in [-0.25, -0.2) is 0 Å². The van der Waals surface area contributed by atoms with Crippen molar-refractivity contribution >= 4 is 11.9 Å². The van der Waals surface area contributed by atoms with Crippen molar-refractivity contribution in [1.82, 2.24) is 15.2 Å². The summed E-state index contributed by atoms with van der Waals surface area (Å²) in [6.45, 7) is 4.72. The van der Waals surface area contributed by atoms with Crippen LogP contribution in [0.2, 0.25) is 0 Å². The number of amides is 1. The molecule has 7 nitrogen and oxygen atoms in total. The van der Waals surface area contributed by atoms with Crippen LogP contribution in [0.15, 0.2) is 10.7 Å². The van der Waals surface area contributed by atoms with E-state index in [0.717, 1.165) is 32.8 Å². The number of aromatic nitrogens is 1. The van der Waals surface area contributed by atoms with Crippen LogP contribution in [0.25, 0.3) is 0 Å². The lowest BCUT2D eigenvalue weighted by molar-refractivity contribution is 0.0383. The average molecular weight is 240 g/mol. The standard InChI is InChI=1S/C10H16N4O3/c11-10-13-8(7-17-10)9(15)12-1-2-14-3-5-16-6-4-14/h7H,1-6H2,(H2,11,13)(H,12,15). The van der Waals surface area contributed by atoms with Gasteiger partial charge in [-0.05, 0) is 0 Å². The number of oxazole rings is 1. The largest absolute Gasteiger partial charge is 0.431 e. The minimum atomic E-state index is -0.265. The summed E-state index contributed by atoms with van der Waals surface area (Å²) in [5, 5.41) is 2.76. The van der Waals surface area contributed by atoms with Crippen LogP contribution in [0.1, 0.15) is 10.5 Å². The molecule has 1 aromatic rings. The second-order valence-corrected chi connectivity index (χ2v) is 3.78. The maximum Gasteiger partial charge on any atom is 0.292 e. The van der Waals surface area contributed by atoms with E-state index in [4.69, 9.17) is 14.9 Å². The van der Waals surface area contributed by atoms with Crippen LogP contribution in [-0.2, 0) is 4.74 Å². The number of nitrogens with zero attached hydrogens (tertiary/aromatic N) is 2. The van der Waals surface area contributed by atoms with E-state index in [0.29, 0.717) is 6.54 Å². The normalized spacial score (nSPS) is 16.9. The Morgan fingerprint density at radius 1 is 1.53 bits per heavy atom. The molecule has 0 unspecified atom stereocenters. The molecule has 1 saturated heterocycles. The fourth-order valence-corrected chi connectivity index (χ4v) is 1.63. The van der Waals surface area contributed by atoms with Gasteiger partial charge < -0.3 is 20.2 Å². The predicted octanol–water partition coefficient (Wildman–Crippen LogP) is -0.681. The lowest BCUT2D eigenvalue weighted by Gasteiger charge is -2.26. The number of nitrogens with one attached hydrogen (secondary N) is 1. The molecule has 17 heavy (non-hydrogen) atoms. The molecule has 1 aliphatic rings. The maximum atomic E-state index is 11.6. The molecule has 94 valence electrons.